The third-order valence-corrected chi connectivity index (χ3v) is 4.10. The van der Waals surface area contributed by atoms with Crippen molar-refractivity contribution in [3.05, 3.63) is 45.5 Å². The van der Waals surface area contributed by atoms with Crippen LogP contribution < -0.4 is 5.32 Å². The number of aliphatic carboxylic acids is 1. The molecule has 0 aliphatic carbocycles. The fraction of sp³-hybridized carbons (Fsp3) is 0.267. The standard InChI is InChI=1S/C15H15N3O5S/c1-9(5-6-13(19)20)16-14(21)12-8-24-15(17-12)10-3-2-4-11(7-10)18(22)23/h2-4,7-9H,5-6H2,1H3,(H,16,21)(H,19,20). The van der Waals surface area contributed by atoms with Crippen molar-refractivity contribution in [1.29, 1.82) is 0 Å². The largest absolute Gasteiger partial charge is 0.481 e. The summed E-state index contributed by atoms with van der Waals surface area (Å²) < 4.78 is 0. The lowest BCUT2D eigenvalue weighted by atomic mass is 10.2. The van der Waals surface area contributed by atoms with Gasteiger partial charge in [-0.05, 0) is 13.3 Å². The van der Waals surface area contributed by atoms with Crippen molar-refractivity contribution in [3.63, 3.8) is 0 Å². The molecule has 0 saturated heterocycles. The number of nitro groups is 1. The zero-order valence-electron chi connectivity index (χ0n) is 12.8. The van der Waals surface area contributed by atoms with E-state index in [1.807, 2.05) is 0 Å². The average Bonchev–Trinajstić information content (AvgIpc) is 3.03. The summed E-state index contributed by atoms with van der Waals surface area (Å²) in [6, 6.07) is 5.73. The first kappa shape index (κ1) is 17.5. The van der Waals surface area contributed by atoms with Crippen LogP contribution in [0.25, 0.3) is 10.6 Å². The normalized spacial score (nSPS) is 11.7. The second-order valence-electron chi connectivity index (χ2n) is 5.15. The van der Waals surface area contributed by atoms with Gasteiger partial charge in [0.25, 0.3) is 11.6 Å². The fourth-order valence-corrected chi connectivity index (χ4v) is 2.77. The number of amides is 1. The number of non-ortho nitro benzene ring substituents is 1. The van der Waals surface area contributed by atoms with Crippen molar-refractivity contribution in [1.82, 2.24) is 10.3 Å². The lowest BCUT2D eigenvalue weighted by molar-refractivity contribution is -0.384. The molecule has 24 heavy (non-hydrogen) atoms. The molecule has 0 bridgehead atoms. The van der Waals surface area contributed by atoms with Gasteiger partial charge in [0.05, 0.1) is 4.92 Å². The summed E-state index contributed by atoms with van der Waals surface area (Å²) in [6.07, 6.45) is 0.292. The van der Waals surface area contributed by atoms with Crippen molar-refractivity contribution in [3.8, 4) is 10.6 Å². The number of thiazole rings is 1. The number of rotatable bonds is 7. The van der Waals surface area contributed by atoms with Crippen LogP contribution in [0, 0.1) is 10.1 Å². The molecule has 2 N–H and O–H groups in total. The minimum atomic E-state index is -0.919. The summed E-state index contributed by atoms with van der Waals surface area (Å²) in [5, 5.41) is 24.2. The Morgan fingerprint density at radius 1 is 1.46 bits per heavy atom. The maximum Gasteiger partial charge on any atom is 0.303 e. The first-order valence-corrected chi connectivity index (χ1v) is 7.98. The summed E-state index contributed by atoms with van der Waals surface area (Å²) in [5.74, 6) is -1.32. The van der Waals surface area contributed by atoms with Crippen LogP contribution in [0.4, 0.5) is 5.69 Å². The molecule has 0 spiro atoms. The zero-order chi connectivity index (χ0) is 17.7. The predicted octanol–water partition coefficient (Wildman–Crippen LogP) is 2.70. The molecular weight excluding hydrogens is 334 g/mol. The van der Waals surface area contributed by atoms with E-state index in [0.717, 1.165) is 0 Å². The van der Waals surface area contributed by atoms with Gasteiger partial charge in [-0.2, -0.15) is 0 Å². The third-order valence-electron chi connectivity index (χ3n) is 3.21. The van der Waals surface area contributed by atoms with Crippen LogP contribution in [0.1, 0.15) is 30.3 Å². The van der Waals surface area contributed by atoms with Crippen molar-refractivity contribution in [2.75, 3.05) is 0 Å². The highest BCUT2D eigenvalue weighted by Crippen LogP contribution is 2.26. The number of nitro benzene ring substituents is 1. The number of aromatic nitrogens is 1. The van der Waals surface area contributed by atoms with Crippen LogP contribution in [0.15, 0.2) is 29.6 Å². The number of nitrogens with zero attached hydrogens (tertiary/aromatic N) is 2. The Morgan fingerprint density at radius 2 is 2.21 bits per heavy atom. The van der Waals surface area contributed by atoms with Gasteiger partial charge in [0.2, 0.25) is 0 Å². The smallest absolute Gasteiger partial charge is 0.303 e. The summed E-state index contributed by atoms with van der Waals surface area (Å²) in [5.41, 5.74) is 0.715. The molecule has 0 radical (unpaired) electrons. The Balaban J connectivity index is 2.07. The molecule has 2 aromatic rings. The molecule has 0 fully saturated rings. The monoisotopic (exact) mass is 349 g/mol. The molecule has 1 amide bonds. The minimum absolute atomic E-state index is 0.0303. The highest BCUT2D eigenvalue weighted by atomic mass is 32.1. The number of carbonyl (C=O) groups is 2. The minimum Gasteiger partial charge on any atom is -0.481 e. The van der Waals surface area contributed by atoms with Gasteiger partial charge in [0, 0.05) is 35.5 Å². The van der Waals surface area contributed by atoms with Crippen LogP contribution in [-0.4, -0.2) is 32.9 Å². The van der Waals surface area contributed by atoms with Gasteiger partial charge in [-0.3, -0.25) is 19.7 Å². The first-order valence-electron chi connectivity index (χ1n) is 7.10. The van der Waals surface area contributed by atoms with E-state index in [1.165, 1.54) is 23.5 Å². The van der Waals surface area contributed by atoms with Crippen LogP contribution in [0.5, 0.6) is 0 Å². The lowest BCUT2D eigenvalue weighted by Gasteiger charge is -2.11. The van der Waals surface area contributed by atoms with E-state index in [4.69, 9.17) is 5.11 Å². The fourth-order valence-electron chi connectivity index (χ4n) is 1.97. The molecule has 1 aromatic heterocycles. The molecule has 126 valence electrons. The van der Waals surface area contributed by atoms with Gasteiger partial charge in [-0.15, -0.1) is 11.3 Å². The molecule has 1 unspecified atom stereocenters. The Morgan fingerprint density at radius 3 is 2.88 bits per heavy atom. The molecule has 9 heteroatoms. The second kappa shape index (κ2) is 7.64. The van der Waals surface area contributed by atoms with Crippen LogP contribution >= 0.6 is 11.3 Å². The van der Waals surface area contributed by atoms with E-state index in [0.29, 0.717) is 17.0 Å². The Hall–Kier alpha value is -2.81. The molecule has 0 aliphatic heterocycles. The second-order valence-corrected chi connectivity index (χ2v) is 6.01. The molecule has 1 aromatic carbocycles. The van der Waals surface area contributed by atoms with Crippen LogP contribution in [0.3, 0.4) is 0 Å². The number of carbonyl (C=O) groups excluding carboxylic acids is 1. The Bertz CT molecular complexity index is 774. The molecule has 0 aliphatic rings. The van der Waals surface area contributed by atoms with E-state index in [9.17, 15) is 19.7 Å². The summed E-state index contributed by atoms with van der Waals surface area (Å²) >= 11 is 1.21. The van der Waals surface area contributed by atoms with E-state index < -0.39 is 16.8 Å². The zero-order valence-corrected chi connectivity index (χ0v) is 13.6. The van der Waals surface area contributed by atoms with Crippen LogP contribution in [-0.2, 0) is 4.79 Å². The van der Waals surface area contributed by atoms with Gasteiger partial charge in [0.15, 0.2) is 0 Å². The lowest BCUT2D eigenvalue weighted by Crippen LogP contribution is -2.33. The number of hydrogen-bond donors (Lipinski definition) is 2. The summed E-state index contributed by atoms with van der Waals surface area (Å²) in [6.45, 7) is 1.72. The maximum atomic E-state index is 12.1. The molecule has 2 rings (SSSR count). The van der Waals surface area contributed by atoms with Gasteiger partial charge in [-0.25, -0.2) is 4.98 Å². The molecule has 1 atom stereocenters. The third kappa shape index (κ3) is 4.59. The van der Waals surface area contributed by atoms with Gasteiger partial charge < -0.3 is 10.4 Å². The topological polar surface area (TPSA) is 122 Å². The Labute approximate surface area is 141 Å². The predicted molar refractivity (Wildman–Crippen MR) is 88.0 cm³/mol. The maximum absolute atomic E-state index is 12.1. The summed E-state index contributed by atoms with van der Waals surface area (Å²) in [4.78, 5) is 37.1. The molecular formula is C15H15N3O5S. The quantitative estimate of drug-likeness (QED) is 0.585. The highest BCUT2D eigenvalue weighted by Gasteiger charge is 2.16. The van der Waals surface area contributed by atoms with Gasteiger partial charge in [-0.1, -0.05) is 12.1 Å². The number of carboxylic acid groups (broad SMARTS) is 1. The SMILES string of the molecule is CC(CCC(=O)O)NC(=O)c1csc(-c2cccc([N+](=O)[O-])c2)n1. The van der Waals surface area contributed by atoms with Crippen LogP contribution in [0.2, 0.25) is 0 Å². The molecule has 1 heterocycles. The van der Waals surface area contributed by atoms with Crippen molar-refractivity contribution < 1.29 is 19.6 Å². The van der Waals surface area contributed by atoms with Gasteiger partial charge >= 0.3 is 5.97 Å². The molecule has 8 nitrogen and oxygen atoms in total. The van der Waals surface area contributed by atoms with Crippen molar-refractivity contribution in [2.24, 2.45) is 0 Å². The van der Waals surface area contributed by atoms with E-state index in [-0.39, 0.29) is 23.8 Å². The number of nitrogens with one attached hydrogen (secondary N) is 1. The average molecular weight is 349 g/mol. The highest BCUT2D eigenvalue weighted by molar-refractivity contribution is 7.13. The summed E-state index contributed by atoms with van der Waals surface area (Å²) in [7, 11) is 0. The first-order chi connectivity index (χ1) is 11.4. The van der Waals surface area contributed by atoms with E-state index in [2.05, 4.69) is 10.3 Å². The molecule has 0 saturated carbocycles. The van der Waals surface area contributed by atoms with E-state index >= 15 is 0 Å². The van der Waals surface area contributed by atoms with E-state index in [1.54, 1.807) is 24.4 Å². The Kier molecular flexibility index (Phi) is 5.59. The van der Waals surface area contributed by atoms with Crippen molar-refractivity contribution >= 4 is 28.9 Å². The number of hydrogen-bond acceptors (Lipinski definition) is 6. The van der Waals surface area contributed by atoms with Crippen molar-refractivity contribution in [2.45, 2.75) is 25.8 Å². The number of benzene rings is 1. The number of carboxylic acids is 1. The van der Waals surface area contributed by atoms with Gasteiger partial charge in [0.1, 0.15) is 10.7 Å².